The van der Waals surface area contributed by atoms with Gasteiger partial charge in [-0.05, 0) is 48.4 Å². The molecule has 2 aromatic carbocycles. The number of rotatable bonds is 6. The molecule has 3 amide bonds. The minimum Gasteiger partial charge on any atom is -0.340 e. The van der Waals surface area contributed by atoms with E-state index in [-0.39, 0.29) is 30.1 Å². The predicted molar refractivity (Wildman–Crippen MR) is 120 cm³/mol. The smallest absolute Gasteiger partial charge is 0.238 e. The Morgan fingerprint density at radius 1 is 0.906 bits per heavy atom. The summed E-state index contributed by atoms with van der Waals surface area (Å²) < 4.78 is 13.0. The van der Waals surface area contributed by atoms with E-state index in [2.05, 4.69) is 5.32 Å². The van der Waals surface area contributed by atoms with Crippen molar-refractivity contribution in [1.29, 1.82) is 0 Å². The van der Waals surface area contributed by atoms with Crippen molar-refractivity contribution in [2.24, 2.45) is 0 Å². The molecule has 7 nitrogen and oxygen atoms in total. The van der Waals surface area contributed by atoms with Gasteiger partial charge in [0.05, 0.1) is 13.0 Å². The van der Waals surface area contributed by atoms with E-state index in [1.54, 1.807) is 4.90 Å². The van der Waals surface area contributed by atoms with Crippen molar-refractivity contribution in [3.8, 4) is 0 Å². The molecule has 2 aromatic rings. The van der Waals surface area contributed by atoms with Crippen LogP contribution in [0.4, 0.5) is 15.8 Å². The summed E-state index contributed by atoms with van der Waals surface area (Å²) in [5.41, 5.74) is 2.37. The van der Waals surface area contributed by atoms with Crippen LogP contribution in [0.25, 0.3) is 0 Å². The van der Waals surface area contributed by atoms with Crippen molar-refractivity contribution >= 4 is 29.1 Å². The van der Waals surface area contributed by atoms with E-state index in [1.807, 2.05) is 34.1 Å². The van der Waals surface area contributed by atoms with E-state index >= 15 is 0 Å². The summed E-state index contributed by atoms with van der Waals surface area (Å²) in [6.45, 7) is 3.38. The van der Waals surface area contributed by atoms with Gasteiger partial charge in [0.15, 0.2) is 0 Å². The molecule has 0 radical (unpaired) electrons. The predicted octanol–water partition coefficient (Wildman–Crippen LogP) is 2.28. The molecule has 1 N–H and O–H groups in total. The Hall–Kier alpha value is -3.26. The monoisotopic (exact) mass is 438 g/mol. The summed E-state index contributed by atoms with van der Waals surface area (Å²) in [5.74, 6) is -0.294. The van der Waals surface area contributed by atoms with Gasteiger partial charge in [-0.2, -0.15) is 0 Å². The largest absolute Gasteiger partial charge is 0.340 e. The van der Waals surface area contributed by atoms with Crippen LogP contribution >= 0.6 is 0 Å². The molecule has 2 saturated heterocycles. The minimum absolute atomic E-state index is 0.0606. The van der Waals surface area contributed by atoms with Crippen molar-refractivity contribution in [2.45, 2.75) is 19.3 Å². The lowest BCUT2D eigenvalue weighted by Gasteiger charge is -2.34. The number of benzene rings is 2. The van der Waals surface area contributed by atoms with Crippen LogP contribution in [-0.2, 0) is 20.8 Å². The van der Waals surface area contributed by atoms with Gasteiger partial charge in [0, 0.05) is 50.5 Å². The number of piperazine rings is 1. The molecule has 0 bridgehead atoms. The molecule has 4 rings (SSSR count). The molecule has 2 aliphatic rings. The third-order valence-electron chi connectivity index (χ3n) is 5.90. The second-order valence-corrected chi connectivity index (χ2v) is 8.20. The first-order valence-electron chi connectivity index (χ1n) is 10.9. The quantitative estimate of drug-likeness (QED) is 0.751. The summed E-state index contributed by atoms with van der Waals surface area (Å²) in [5, 5.41) is 2.76. The molecule has 2 fully saturated rings. The lowest BCUT2D eigenvalue weighted by molar-refractivity contribution is -0.132. The summed E-state index contributed by atoms with van der Waals surface area (Å²) in [6, 6.07) is 13.3. The number of amides is 3. The maximum absolute atomic E-state index is 13.0. The van der Waals surface area contributed by atoms with E-state index < -0.39 is 0 Å². The maximum Gasteiger partial charge on any atom is 0.238 e. The Morgan fingerprint density at radius 3 is 2.22 bits per heavy atom. The molecule has 0 saturated carbocycles. The fourth-order valence-electron chi connectivity index (χ4n) is 4.09. The van der Waals surface area contributed by atoms with Gasteiger partial charge in [-0.3, -0.25) is 19.3 Å². The van der Waals surface area contributed by atoms with E-state index in [0.29, 0.717) is 44.7 Å². The van der Waals surface area contributed by atoms with Crippen LogP contribution in [0.2, 0.25) is 0 Å². The van der Waals surface area contributed by atoms with Gasteiger partial charge in [0.25, 0.3) is 0 Å². The van der Waals surface area contributed by atoms with Crippen molar-refractivity contribution in [2.75, 3.05) is 49.5 Å². The van der Waals surface area contributed by atoms with Crippen molar-refractivity contribution < 1.29 is 18.8 Å². The van der Waals surface area contributed by atoms with Crippen LogP contribution in [0.5, 0.6) is 0 Å². The van der Waals surface area contributed by atoms with Gasteiger partial charge in [0.2, 0.25) is 17.7 Å². The molecular weight excluding hydrogens is 411 g/mol. The molecule has 2 heterocycles. The number of hydrogen-bond acceptors (Lipinski definition) is 4. The zero-order chi connectivity index (χ0) is 22.5. The van der Waals surface area contributed by atoms with Crippen LogP contribution in [0.15, 0.2) is 48.5 Å². The SMILES string of the molecule is O=C(CN1CCN(C(=O)Cc2ccc(N3CCCC3=O)cc2)CC1)Nc1ccc(F)cc1. The topological polar surface area (TPSA) is 73.0 Å². The normalized spacial score (nSPS) is 17.0. The summed E-state index contributed by atoms with van der Waals surface area (Å²) in [6.07, 6.45) is 1.80. The first-order valence-corrected chi connectivity index (χ1v) is 10.9. The second-order valence-electron chi connectivity index (χ2n) is 8.20. The van der Waals surface area contributed by atoms with E-state index in [1.165, 1.54) is 24.3 Å². The summed E-state index contributed by atoms with van der Waals surface area (Å²) in [4.78, 5) is 42.4. The highest BCUT2D eigenvalue weighted by Gasteiger charge is 2.24. The number of nitrogens with one attached hydrogen (secondary N) is 1. The minimum atomic E-state index is -0.346. The molecule has 0 atom stereocenters. The molecule has 0 aromatic heterocycles. The van der Waals surface area contributed by atoms with E-state index in [0.717, 1.165) is 24.2 Å². The summed E-state index contributed by atoms with van der Waals surface area (Å²) in [7, 11) is 0. The van der Waals surface area contributed by atoms with Crippen molar-refractivity contribution in [3.63, 3.8) is 0 Å². The van der Waals surface area contributed by atoms with E-state index in [9.17, 15) is 18.8 Å². The van der Waals surface area contributed by atoms with Gasteiger partial charge >= 0.3 is 0 Å². The first kappa shape index (κ1) is 22.0. The molecule has 0 unspecified atom stereocenters. The Kier molecular flexibility index (Phi) is 6.80. The molecule has 0 aliphatic carbocycles. The molecule has 32 heavy (non-hydrogen) atoms. The van der Waals surface area contributed by atoms with Gasteiger partial charge < -0.3 is 15.1 Å². The number of anilines is 2. The Labute approximate surface area is 186 Å². The van der Waals surface area contributed by atoms with Crippen molar-refractivity contribution in [1.82, 2.24) is 9.80 Å². The highest BCUT2D eigenvalue weighted by molar-refractivity contribution is 5.95. The molecule has 0 spiro atoms. The Morgan fingerprint density at radius 2 is 1.59 bits per heavy atom. The van der Waals surface area contributed by atoms with Crippen LogP contribution in [-0.4, -0.2) is 66.8 Å². The van der Waals surface area contributed by atoms with Crippen molar-refractivity contribution in [3.05, 3.63) is 59.9 Å². The Balaban J connectivity index is 1.21. The average Bonchev–Trinajstić information content (AvgIpc) is 3.22. The highest BCUT2D eigenvalue weighted by atomic mass is 19.1. The number of halogens is 1. The Bertz CT molecular complexity index is 970. The van der Waals surface area contributed by atoms with Gasteiger partial charge in [0.1, 0.15) is 5.82 Å². The van der Waals surface area contributed by atoms with Crippen LogP contribution in [0, 0.1) is 5.82 Å². The first-order chi connectivity index (χ1) is 15.5. The van der Waals surface area contributed by atoms with Gasteiger partial charge in [-0.25, -0.2) is 4.39 Å². The molecule has 2 aliphatic heterocycles. The number of nitrogens with zero attached hydrogens (tertiary/aromatic N) is 3. The highest BCUT2D eigenvalue weighted by Crippen LogP contribution is 2.22. The zero-order valence-corrected chi connectivity index (χ0v) is 17.9. The number of carbonyl (C=O) groups excluding carboxylic acids is 3. The van der Waals surface area contributed by atoms with E-state index in [4.69, 9.17) is 0 Å². The average molecular weight is 439 g/mol. The number of carbonyl (C=O) groups is 3. The third-order valence-corrected chi connectivity index (χ3v) is 5.90. The van der Waals surface area contributed by atoms with Gasteiger partial charge in [-0.1, -0.05) is 12.1 Å². The fourth-order valence-corrected chi connectivity index (χ4v) is 4.09. The van der Waals surface area contributed by atoms with Crippen LogP contribution < -0.4 is 10.2 Å². The molecular formula is C24H27FN4O3. The van der Waals surface area contributed by atoms with Crippen LogP contribution in [0.3, 0.4) is 0 Å². The molecule has 8 heteroatoms. The summed E-state index contributed by atoms with van der Waals surface area (Å²) >= 11 is 0. The molecule has 168 valence electrons. The fraction of sp³-hybridized carbons (Fsp3) is 0.375. The lowest BCUT2D eigenvalue weighted by Crippen LogP contribution is -2.50. The number of hydrogen-bond donors (Lipinski definition) is 1. The zero-order valence-electron chi connectivity index (χ0n) is 17.9. The van der Waals surface area contributed by atoms with Crippen LogP contribution in [0.1, 0.15) is 18.4 Å². The lowest BCUT2D eigenvalue weighted by atomic mass is 10.1. The third kappa shape index (κ3) is 5.50. The maximum atomic E-state index is 13.0. The van der Waals surface area contributed by atoms with Gasteiger partial charge in [-0.15, -0.1) is 0 Å². The second kappa shape index (κ2) is 9.91. The standard InChI is InChI=1S/C24H27FN4O3/c25-19-5-7-20(8-6-19)26-22(30)17-27-12-14-28(15-13-27)24(32)16-18-3-9-21(10-4-18)29-11-1-2-23(29)31/h3-10H,1-2,11-17H2,(H,26,30).